The Morgan fingerprint density at radius 3 is 0.938 bits per heavy atom. The van der Waals surface area contributed by atoms with Gasteiger partial charge in [0.05, 0.1) is 0 Å². The van der Waals surface area contributed by atoms with Gasteiger partial charge in [0, 0.05) is 56.0 Å². The van der Waals surface area contributed by atoms with E-state index in [1.807, 2.05) is 148 Å². The zero-order valence-electron chi connectivity index (χ0n) is 29.0. The SMILES string of the molecule is CN(C)CCNC(=O)c1ccccc1-c1cc(-c2ccccc2C(=O)NCCN(C)C)cc(-c2ccccc2C(=O)NCCN(C)C)c1. The predicted molar refractivity (Wildman–Crippen MR) is 195 cm³/mol. The third kappa shape index (κ3) is 9.84. The molecule has 0 radical (unpaired) electrons. The molecule has 9 heteroatoms. The van der Waals surface area contributed by atoms with Crippen LogP contribution in [0.15, 0.2) is 91.0 Å². The molecule has 0 unspecified atom stereocenters. The molecule has 0 atom stereocenters. The first-order valence-corrected chi connectivity index (χ1v) is 16.3. The maximum atomic E-state index is 13.5. The smallest absolute Gasteiger partial charge is 0.251 e. The summed E-state index contributed by atoms with van der Waals surface area (Å²) in [5, 5.41) is 9.13. The Kier molecular flexibility index (Phi) is 13.0. The van der Waals surface area contributed by atoms with Crippen LogP contribution in [0.5, 0.6) is 0 Å². The van der Waals surface area contributed by atoms with Crippen LogP contribution in [0.2, 0.25) is 0 Å². The van der Waals surface area contributed by atoms with E-state index in [4.69, 9.17) is 0 Å². The van der Waals surface area contributed by atoms with Crippen molar-refractivity contribution in [1.29, 1.82) is 0 Å². The summed E-state index contributed by atoms with van der Waals surface area (Å²) >= 11 is 0. The van der Waals surface area contributed by atoms with Crippen LogP contribution >= 0.6 is 0 Å². The fraction of sp³-hybridized carbons (Fsp3) is 0.308. The average molecular weight is 649 g/mol. The number of nitrogens with zero attached hydrogens (tertiary/aromatic N) is 3. The third-order valence-electron chi connectivity index (χ3n) is 7.91. The number of carbonyl (C=O) groups excluding carboxylic acids is 3. The van der Waals surface area contributed by atoms with Gasteiger partial charge in [0.1, 0.15) is 0 Å². The van der Waals surface area contributed by atoms with Gasteiger partial charge in [-0.2, -0.15) is 0 Å². The highest BCUT2D eigenvalue weighted by atomic mass is 16.2. The Labute approximate surface area is 284 Å². The fourth-order valence-corrected chi connectivity index (χ4v) is 5.36. The van der Waals surface area contributed by atoms with Crippen molar-refractivity contribution in [3.05, 3.63) is 108 Å². The third-order valence-corrected chi connectivity index (χ3v) is 7.91. The lowest BCUT2D eigenvalue weighted by atomic mass is 9.88. The highest BCUT2D eigenvalue weighted by Crippen LogP contribution is 2.36. The van der Waals surface area contributed by atoms with E-state index in [9.17, 15) is 14.4 Å². The fourth-order valence-electron chi connectivity index (χ4n) is 5.36. The molecule has 0 saturated heterocycles. The molecular weight excluding hydrogens is 600 g/mol. The van der Waals surface area contributed by atoms with Gasteiger partial charge in [-0.05, 0) is 112 Å². The Bertz CT molecular complexity index is 1500. The number of amides is 3. The quantitative estimate of drug-likeness (QED) is 0.175. The van der Waals surface area contributed by atoms with Crippen molar-refractivity contribution in [2.75, 3.05) is 81.6 Å². The van der Waals surface area contributed by atoms with E-state index >= 15 is 0 Å². The molecule has 0 fully saturated rings. The highest BCUT2D eigenvalue weighted by Gasteiger charge is 2.19. The molecule has 9 nitrogen and oxygen atoms in total. The second kappa shape index (κ2) is 17.4. The van der Waals surface area contributed by atoms with Crippen LogP contribution < -0.4 is 16.0 Å². The lowest BCUT2D eigenvalue weighted by molar-refractivity contribution is 0.0943. The Morgan fingerprint density at radius 2 is 0.688 bits per heavy atom. The largest absolute Gasteiger partial charge is 0.351 e. The highest BCUT2D eigenvalue weighted by molar-refractivity contribution is 6.05. The standard InChI is InChI=1S/C39H48N6O3/c1-43(2)22-19-40-37(46)34-16-10-7-13-31(34)28-25-29(32-14-8-11-17-35(32)38(47)41-20-23-44(3)4)27-30(26-28)33-15-9-12-18-36(33)39(48)42-21-24-45(5)6/h7-18,25-27H,19-24H2,1-6H3,(H,40,46)(H,41,47)(H,42,48). The first kappa shape index (κ1) is 36.0. The van der Waals surface area contributed by atoms with Crippen LogP contribution in [0, 0.1) is 0 Å². The molecule has 0 heterocycles. The molecule has 4 rings (SSSR count). The molecule has 3 amide bonds. The summed E-state index contributed by atoms with van der Waals surface area (Å²) in [5.41, 5.74) is 6.29. The van der Waals surface area contributed by atoms with Crippen molar-refractivity contribution in [3.63, 3.8) is 0 Å². The van der Waals surface area contributed by atoms with E-state index < -0.39 is 0 Å². The lowest BCUT2D eigenvalue weighted by Crippen LogP contribution is -2.31. The van der Waals surface area contributed by atoms with Gasteiger partial charge >= 0.3 is 0 Å². The second-order valence-corrected chi connectivity index (χ2v) is 12.6. The lowest BCUT2D eigenvalue weighted by Gasteiger charge is -2.18. The zero-order chi connectivity index (χ0) is 34.6. The van der Waals surface area contributed by atoms with Crippen LogP contribution in [-0.4, -0.2) is 114 Å². The van der Waals surface area contributed by atoms with Crippen LogP contribution in [0.4, 0.5) is 0 Å². The van der Waals surface area contributed by atoms with E-state index in [1.54, 1.807) is 0 Å². The molecule has 0 bridgehead atoms. The maximum Gasteiger partial charge on any atom is 0.251 e. The number of likely N-dealkylation sites (N-methyl/N-ethyl adjacent to an activating group) is 3. The number of carbonyl (C=O) groups is 3. The molecule has 4 aromatic rings. The van der Waals surface area contributed by atoms with Crippen LogP contribution in [-0.2, 0) is 0 Å². The van der Waals surface area contributed by atoms with Crippen LogP contribution in [0.1, 0.15) is 31.1 Å². The minimum Gasteiger partial charge on any atom is -0.351 e. The summed E-state index contributed by atoms with van der Waals surface area (Å²) in [6.45, 7) is 3.69. The summed E-state index contributed by atoms with van der Waals surface area (Å²) in [7, 11) is 11.8. The molecule has 0 aliphatic carbocycles. The number of hydrogen-bond acceptors (Lipinski definition) is 6. The van der Waals surface area contributed by atoms with Crippen molar-refractivity contribution in [2.45, 2.75) is 0 Å². The van der Waals surface area contributed by atoms with Gasteiger partial charge < -0.3 is 30.7 Å². The molecule has 3 N–H and O–H groups in total. The molecule has 0 spiro atoms. The molecular formula is C39H48N6O3. The first-order chi connectivity index (χ1) is 23.0. The van der Waals surface area contributed by atoms with Gasteiger partial charge in [0.15, 0.2) is 0 Å². The zero-order valence-corrected chi connectivity index (χ0v) is 29.0. The van der Waals surface area contributed by atoms with Crippen molar-refractivity contribution < 1.29 is 14.4 Å². The van der Waals surface area contributed by atoms with E-state index in [-0.39, 0.29) is 17.7 Å². The van der Waals surface area contributed by atoms with Crippen LogP contribution in [0.3, 0.4) is 0 Å². The molecule has 0 aliphatic rings. The van der Waals surface area contributed by atoms with E-state index in [1.165, 1.54) is 0 Å². The van der Waals surface area contributed by atoms with E-state index in [2.05, 4.69) is 16.0 Å². The number of rotatable bonds is 15. The van der Waals surface area contributed by atoms with Crippen molar-refractivity contribution in [3.8, 4) is 33.4 Å². The summed E-state index contributed by atoms with van der Waals surface area (Å²) in [4.78, 5) is 46.5. The molecule has 4 aromatic carbocycles. The Hall–Kier alpha value is -4.83. The van der Waals surface area contributed by atoms with E-state index in [0.29, 0.717) is 56.0 Å². The van der Waals surface area contributed by atoms with Gasteiger partial charge in [-0.25, -0.2) is 0 Å². The summed E-state index contributed by atoms with van der Waals surface area (Å²) < 4.78 is 0. The van der Waals surface area contributed by atoms with Gasteiger partial charge in [-0.15, -0.1) is 0 Å². The number of hydrogen-bond donors (Lipinski definition) is 3. The summed E-state index contributed by atoms with van der Waals surface area (Å²) in [6.07, 6.45) is 0. The van der Waals surface area contributed by atoms with Gasteiger partial charge in [0.25, 0.3) is 17.7 Å². The summed E-state index contributed by atoms with van der Waals surface area (Å²) in [6, 6.07) is 28.6. The second-order valence-electron chi connectivity index (χ2n) is 12.6. The molecule has 0 saturated carbocycles. The van der Waals surface area contributed by atoms with Gasteiger partial charge in [0.2, 0.25) is 0 Å². The topological polar surface area (TPSA) is 97.0 Å². The minimum absolute atomic E-state index is 0.166. The van der Waals surface area contributed by atoms with Gasteiger partial charge in [-0.3, -0.25) is 14.4 Å². The predicted octanol–water partition coefficient (Wildman–Crippen LogP) is 4.56. The average Bonchev–Trinajstić information content (AvgIpc) is 3.07. The maximum absolute atomic E-state index is 13.5. The molecule has 48 heavy (non-hydrogen) atoms. The molecule has 0 aliphatic heterocycles. The van der Waals surface area contributed by atoms with Gasteiger partial charge in [-0.1, -0.05) is 54.6 Å². The van der Waals surface area contributed by atoms with E-state index in [0.717, 1.165) is 33.4 Å². The number of nitrogens with one attached hydrogen (secondary N) is 3. The summed E-state index contributed by atoms with van der Waals surface area (Å²) in [5.74, 6) is -0.498. The van der Waals surface area contributed by atoms with Crippen molar-refractivity contribution in [1.82, 2.24) is 30.7 Å². The Balaban J connectivity index is 1.86. The Morgan fingerprint density at radius 1 is 0.438 bits per heavy atom. The molecule has 0 aromatic heterocycles. The minimum atomic E-state index is -0.166. The van der Waals surface area contributed by atoms with Crippen molar-refractivity contribution >= 4 is 17.7 Å². The molecule has 252 valence electrons. The normalized spacial score (nSPS) is 11.2. The van der Waals surface area contributed by atoms with Crippen LogP contribution in [0.25, 0.3) is 33.4 Å². The van der Waals surface area contributed by atoms with Crippen molar-refractivity contribution in [2.24, 2.45) is 0 Å². The first-order valence-electron chi connectivity index (χ1n) is 16.3. The monoisotopic (exact) mass is 648 g/mol. The number of benzene rings is 4.